The summed E-state index contributed by atoms with van der Waals surface area (Å²) in [4.78, 5) is 24.0. The second kappa shape index (κ2) is 12.7. The minimum absolute atomic E-state index is 0.0305. The van der Waals surface area contributed by atoms with E-state index in [1.165, 1.54) is 0 Å². The molecule has 4 N–H and O–H groups in total. The number of nitrogens with two attached hydrogens (primary N) is 1. The fourth-order valence-electron chi connectivity index (χ4n) is 3.35. The zero-order chi connectivity index (χ0) is 26.1. The van der Waals surface area contributed by atoms with Gasteiger partial charge in [-0.05, 0) is 49.1 Å². The molecule has 0 aliphatic carbocycles. The summed E-state index contributed by atoms with van der Waals surface area (Å²) in [7, 11) is 0. The Hall–Kier alpha value is -2.95. The number of morpholine rings is 1. The number of carboxylic acids is 1. The van der Waals surface area contributed by atoms with E-state index in [0.717, 1.165) is 56.0 Å². The van der Waals surface area contributed by atoms with E-state index in [0.29, 0.717) is 12.1 Å². The van der Waals surface area contributed by atoms with Crippen molar-refractivity contribution >= 4 is 11.9 Å². The summed E-state index contributed by atoms with van der Waals surface area (Å²) in [6, 6.07) is 16.0. The molecule has 0 saturated carbocycles. The number of halogens is 3. The number of benzene rings is 2. The van der Waals surface area contributed by atoms with E-state index >= 15 is 0 Å². The highest BCUT2D eigenvalue weighted by Gasteiger charge is 2.38. The third kappa shape index (κ3) is 9.67. The summed E-state index contributed by atoms with van der Waals surface area (Å²) in [6.45, 7) is 9.21. The van der Waals surface area contributed by atoms with Crippen molar-refractivity contribution in [2.75, 3.05) is 32.8 Å². The van der Waals surface area contributed by atoms with E-state index in [1.807, 2.05) is 36.4 Å². The number of amides is 1. The number of nitrogens with zero attached hydrogens (tertiary/aromatic N) is 1. The lowest BCUT2D eigenvalue weighted by atomic mass is 9.98. The average Bonchev–Trinajstić information content (AvgIpc) is 2.83. The van der Waals surface area contributed by atoms with Crippen LogP contribution < -0.4 is 11.1 Å². The van der Waals surface area contributed by atoms with E-state index in [2.05, 4.69) is 36.2 Å². The number of rotatable bonds is 7. The molecule has 0 radical (unpaired) electrons. The van der Waals surface area contributed by atoms with Gasteiger partial charge in [0.1, 0.15) is 0 Å². The molecule has 0 spiro atoms. The summed E-state index contributed by atoms with van der Waals surface area (Å²) in [6.07, 6.45) is -4.18. The molecule has 35 heavy (non-hydrogen) atoms. The number of carbonyl (C=O) groups is 2. The molecule has 1 aliphatic rings. The Labute approximate surface area is 203 Å². The first-order valence-corrected chi connectivity index (χ1v) is 11.2. The number of carbonyl (C=O) groups excluding carboxylic acids is 1. The second-order valence-electron chi connectivity index (χ2n) is 8.82. The number of nitrogens with one attached hydrogen (secondary N) is 1. The lowest BCUT2D eigenvalue weighted by molar-refractivity contribution is -0.192. The fourth-order valence-corrected chi connectivity index (χ4v) is 3.35. The van der Waals surface area contributed by atoms with Crippen LogP contribution in [-0.2, 0) is 16.1 Å². The highest BCUT2D eigenvalue weighted by Crippen LogP contribution is 2.21. The molecule has 1 fully saturated rings. The van der Waals surface area contributed by atoms with Gasteiger partial charge in [-0.1, -0.05) is 36.4 Å². The lowest BCUT2D eigenvalue weighted by Gasteiger charge is -2.32. The maximum atomic E-state index is 12.7. The van der Waals surface area contributed by atoms with Gasteiger partial charge in [0.25, 0.3) is 5.91 Å². The van der Waals surface area contributed by atoms with Crippen molar-refractivity contribution in [3.8, 4) is 11.1 Å². The monoisotopic (exact) mass is 495 g/mol. The molecule has 0 atom stereocenters. The fraction of sp³-hybridized carbons (Fsp3) is 0.440. The zero-order valence-corrected chi connectivity index (χ0v) is 19.9. The molecule has 2 aromatic carbocycles. The van der Waals surface area contributed by atoms with E-state index in [9.17, 15) is 18.0 Å². The molecule has 192 valence electrons. The molecule has 0 bridgehead atoms. The standard InChI is InChI=1S/C23H31N3O2.C2HF3O2/c1-23(2,11-12-26-13-15-28-16-14-26)25-22(27)21-9-7-20(8-10-21)19-5-3-18(17-24)4-6-19;3-2(4,5)1(6)7/h3-10H,11-17,24H2,1-2H3,(H,25,27);(H,6,7). The smallest absolute Gasteiger partial charge is 0.475 e. The number of ether oxygens (including phenoxy) is 1. The van der Waals surface area contributed by atoms with E-state index in [-0.39, 0.29) is 11.4 Å². The predicted octanol–water partition coefficient (Wildman–Crippen LogP) is 3.68. The lowest BCUT2D eigenvalue weighted by Crippen LogP contribution is -2.47. The summed E-state index contributed by atoms with van der Waals surface area (Å²) < 4.78 is 37.1. The van der Waals surface area contributed by atoms with Crippen LogP contribution in [0.25, 0.3) is 11.1 Å². The zero-order valence-electron chi connectivity index (χ0n) is 19.9. The highest BCUT2D eigenvalue weighted by atomic mass is 19.4. The maximum Gasteiger partial charge on any atom is 0.490 e. The van der Waals surface area contributed by atoms with Gasteiger partial charge in [0.2, 0.25) is 0 Å². The first kappa shape index (κ1) is 28.3. The molecule has 1 heterocycles. The van der Waals surface area contributed by atoms with Crippen LogP contribution in [0, 0.1) is 0 Å². The van der Waals surface area contributed by atoms with E-state index in [4.69, 9.17) is 20.4 Å². The topological polar surface area (TPSA) is 105 Å². The summed E-state index contributed by atoms with van der Waals surface area (Å²) in [5, 5.41) is 10.3. The van der Waals surface area contributed by atoms with Gasteiger partial charge in [-0.2, -0.15) is 13.2 Å². The number of hydrogen-bond acceptors (Lipinski definition) is 5. The third-order valence-corrected chi connectivity index (χ3v) is 5.52. The molecule has 1 saturated heterocycles. The van der Waals surface area contributed by atoms with Crippen LogP contribution in [0.5, 0.6) is 0 Å². The van der Waals surface area contributed by atoms with Gasteiger partial charge >= 0.3 is 12.1 Å². The molecule has 1 aliphatic heterocycles. The molecule has 3 rings (SSSR count). The van der Waals surface area contributed by atoms with Crippen LogP contribution in [0.2, 0.25) is 0 Å². The normalized spacial score (nSPS) is 14.6. The van der Waals surface area contributed by atoms with Crippen molar-refractivity contribution in [3.05, 3.63) is 59.7 Å². The molecular weight excluding hydrogens is 463 g/mol. The van der Waals surface area contributed by atoms with Crippen molar-refractivity contribution in [2.24, 2.45) is 5.73 Å². The minimum atomic E-state index is -5.08. The van der Waals surface area contributed by atoms with E-state index < -0.39 is 12.1 Å². The van der Waals surface area contributed by atoms with Gasteiger partial charge in [-0.3, -0.25) is 9.69 Å². The first-order chi connectivity index (χ1) is 16.4. The van der Waals surface area contributed by atoms with Gasteiger partial charge in [-0.15, -0.1) is 0 Å². The van der Waals surface area contributed by atoms with Gasteiger partial charge in [-0.25, -0.2) is 4.79 Å². The SMILES string of the molecule is CC(C)(CCN1CCOCC1)NC(=O)c1ccc(-c2ccc(CN)cc2)cc1.O=C(O)C(F)(F)F. The van der Waals surface area contributed by atoms with Crippen LogP contribution in [0.4, 0.5) is 13.2 Å². The van der Waals surface area contributed by atoms with Crippen LogP contribution in [0.1, 0.15) is 36.2 Å². The van der Waals surface area contributed by atoms with Crippen LogP contribution in [0.3, 0.4) is 0 Å². The Morgan fingerprint density at radius 2 is 1.49 bits per heavy atom. The molecular formula is C25H32F3N3O4. The average molecular weight is 496 g/mol. The van der Waals surface area contributed by atoms with Crippen molar-refractivity contribution in [2.45, 2.75) is 38.5 Å². The Kier molecular flexibility index (Phi) is 10.2. The van der Waals surface area contributed by atoms with Crippen molar-refractivity contribution in [1.29, 1.82) is 0 Å². The molecule has 0 unspecified atom stereocenters. The number of hydrogen-bond donors (Lipinski definition) is 3. The number of aliphatic carboxylic acids is 1. The van der Waals surface area contributed by atoms with E-state index in [1.54, 1.807) is 0 Å². The second-order valence-corrected chi connectivity index (χ2v) is 8.82. The van der Waals surface area contributed by atoms with Crippen LogP contribution >= 0.6 is 0 Å². The van der Waals surface area contributed by atoms with Crippen LogP contribution in [-0.4, -0.2) is 66.4 Å². The summed E-state index contributed by atoms with van der Waals surface area (Å²) in [5.74, 6) is -2.79. The molecule has 0 aromatic heterocycles. The Morgan fingerprint density at radius 3 is 1.94 bits per heavy atom. The number of carboxylic acid groups (broad SMARTS) is 1. The quantitative estimate of drug-likeness (QED) is 0.541. The number of alkyl halides is 3. The third-order valence-electron chi connectivity index (χ3n) is 5.52. The molecule has 10 heteroatoms. The summed E-state index contributed by atoms with van der Waals surface area (Å²) >= 11 is 0. The largest absolute Gasteiger partial charge is 0.490 e. The Bertz CT molecular complexity index is 955. The predicted molar refractivity (Wildman–Crippen MR) is 127 cm³/mol. The van der Waals surface area contributed by atoms with Gasteiger partial charge < -0.3 is 20.9 Å². The van der Waals surface area contributed by atoms with Crippen molar-refractivity contribution in [3.63, 3.8) is 0 Å². The molecule has 1 amide bonds. The minimum Gasteiger partial charge on any atom is -0.475 e. The highest BCUT2D eigenvalue weighted by molar-refractivity contribution is 5.95. The van der Waals surface area contributed by atoms with Gasteiger partial charge in [0, 0.05) is 37.3 Å². The maximum absolute atomic E-state index is 12.7. The Balaban J connectivity index is 0.000000540. The summed E-state index contributed by atoms with van der Waals surface area (Å²) in [5.41, 5.74) is 9.40. The van der Waals surface area contributed by atoms with Gasteiger partial charge in [0.15, 0.2) is 0 Å². The van der Waals surface area contributed by atoms with Gasteiger partial charge in [0.05, 0.1) is 13.2 Å². The van der Waals surface area contributed by atoms with Crippen LogP contribution in [0.15, 0.2) is 48.5 Å². The molecule has 7 nitrogen and oxygen atoms in total. The molecule has 2 aromatic rings. The first-order valence-electron chi connectivity index (χ1n) is 11.2. The van der Waals surface area contributed by atoms with Crippen molar-refractivity contribution in [1.82, 2.24) is 10.2 Å². The Morgan fingerprint density at radius 1 is 1.00 bits per heavy atom. The van der Waals surface area contributed by atoms with Crippen molar-refractivity contribution < 1.29 is 32.6 Å².